The summed E-state index contributed by atoms with van der Waals surface area (Å²) >= 11 is 2.01. The van der Waals surface area contributed by atoms with Crippen LogP contribution in [-0.2, 0) is 27.1 Å². The van der Waals surface area contributed by atoms with Crippen molar-refractivity contribution < 1.29 is 0 Å². The molecule has 3 heteroatoms. The Labute approximate surface area is 397 Å². The zero-order valence-corrected chi connectivity index (χ0v) is 43.4. The second kappa shape index (κ2) is 15.5. The molecule has 9 rings (SSSR count). The van der Waals surface area contributed by atoms with Gasteiger partial charge in [-0.15, -0.1) is 11.3 Å². The summed E-state index contributed by atoms with van der Waals surface area (Å²) in [6.07, 6.45) is 10.4. The normalized spacial score (nSPS) is 21.0. The summed E-state index contributed by atoms with van der Waals surface area (Å²) in [5.41, 5.74) is 17.9. The van der Waals surface area contributed by atoms with Gasteiger partial charge in [0.05, 0.1) is 11.4 Å². The quantitative estimate of drug-likeness (QED) is 0.160. The maximum Gasteiger partial charge on any atom is 0.259 e. The maximum atomic E-state index is 2.77. The Morgan fingerprint density at radius 3 is 1.88 bits per heavy atom. The number of thiophene rings is 1. The molecule has 5 aromatic carbocycles. The molecule has 65 heavy (non-hydrogen) atoms. The van der Waals surface area contributed by atoms with Gasteiger partial charge in [0.1, 0.15) is 0 Å². The average Bonchev–Trinajstić information content (AvgIpc) is 3.61. The fraction of sp³-hybridized carbons (Fsp3) is 0.419. The molecule has 0 saturated heterocycles. The minimum absolute atomic E-state index is 0.00410. The van der Waals surface area contributed by atoms with Gasteiger partial charge in [0.25, 0.3) is 6.71 Å². The van der Waals surface area contributed by atoms with Crippen LogP contribution in [0.1, 0.15) is 150 Å². The van der Waals surface area contributed by atoms with Gasteiger partial charge in [0.15, 0.2) is 0 Å². The van der Waals surface area contributed by atoms with E-state index in [1.807, 2.05) is 11.3 Å². The summed E-state index contributed by atoms with van der Waals surface area (Å²) < 4.78 is 2.79. The first-order valence-electron chi connectivity index (χ1n) is 24.5. The van der Waals surface area contributed by atoms with E-state index in [1.165, 1.54) is 100 Å². The van der Waals surface area contributed by atoms with Crippen molar-refractivity contribution >= 4 is 55.4 Å². The van der Waals surface area contributed by atoms with Crippen molar-refractivity contribution in [3.8, 4) is 11.1 Å². The molecule has 1 aromatic heterocycles. The fourth-order valence-electron chi connectivity index (χ4n) is 11.3. The molecule has 0 amide bonds. The molecule has 2 heterocycles. The van der Waals surface area contributed by atoms with Gasteiger partial charge in [-0.05, 0) is 139 Å². The van der Waals surface area contributed by atoms with Crippen molar-refractivity contribution in [3.63, 3.8) is 0 Å². The smallest absolute Gasteiger partial charge is 0.259 e. The van der Waals surface area contributed by atoms with E-state index in [0.29, 0.717) is 11.8 Å². The van der Waals surface area contributed by atoms with Crippen molar-refractivity contribution in [2.45, 2.75) is 151 Å². The molecule has 0 bridgehead atoms. The number of rotatable bonds is 4. The standard InChI is InChI=1S/C62H74BNS/c1-39-20-29-51-53(34-39)64(52-30-25-43(59(8,9)10)36-47(52)40-21-23-41(24-22-40)57(2,3)4)55-48-37-44(60(11,12)13)26-31-54(48)65-56(55)63(51)46-27-28-49-50(38-46)62(16,33-32-61(49,14)15)45-19-17-18-42(35-45)58(5,6)7/h17-31,34-38,49-50H,32-33H2,1-16H3. The average molecular weight is 876 g/mol. The van der Waals surface area contributed by atoms with Gasteiger partial charge in [0.2, 0.25) is 0 Å². The van der Waals surface area contributed by atoms with Crippen LogP contribution in [0.3, 0.4) is 0 Å². The predicted octanol–water partition coefficient (Wildman–Crippen LogP) is 16.5. The van der Waals surface area contributed by atoms with Crippen molar-refractivity contribution in [1.82, 2.24) is 0 Å². The van der Waals surface area contributed by atoms with Crippen LogP contribution in [0.25, 0.3) is 21.2 Å². The molecule has 336 valence electrons. The molecule has 1 saturated carbocycles. The van der Waals surface area contributed by atoms with Gasteiger partial charge >= 0.3 is 0 Å². The fourth-order valence-corrected chi connectivity index (χ4v) is 12.6. The Morgan fingerprint density at radius 1 is 0.600 bits per heavy atom. The Hall–Kier alpha value is -4.60. The van der Waals surface area contributed by atoms with Crippen molar-refractivity contribution in [2.75, 3.05) is 4.90 Å². The van der Waals surface area contributed by atoms with Crippen LogP contribution in [0.4, 0.5) is 17.1 Å². The van der Waals surface area contributed by atoms with E-state index < -0.39 is 0 Å². The van der Waals surface area contributed by atoms with Gasteiger partial charge in [-0.3, -0.25) is 0 Å². The number of fused-ring (bicyclic) bond motifs is 5. The topological polar surface area (TPSA) is 3.24 Å². The number of benzene rings is 5. The molecular weight excluding hydrogens is 802 g/mol. The molecule has 3 unspecified atom stereocenters. The van der Waals surface area contributed by atoms with Crippen molar-refractivity contribution in [2.24, 2.45) is 17.3 Å². The molecule has 1 aliphatic heterocycles. The van der Waals surface area contributed by atoms with Gasteiger partial charge in [-0.25, -0.2) is 0 Å². The SMILES string of the molecule is Cc1ccc2c(c1)N(c1ccc(C(C)(C)C)cc1-c1ccc(C(C)(C)C)cc1)c1c(sc3ccc(C(C)(C)C)cc13)B2C1=CC2C(C=C1)C(C)(C)CCC2(C)c1cccc(C(C)(C)C)c1. The maximum absolute atomic E-state index is 2.77. The second-order valence-electron chi connectivity index (χ2n) is 25.2. The Bertz CT molecular complexity index is 2870. The van der Waals surface area contributed by atoms with E-state index in [0.717, 1.165) is 0 Å². The number of hydrogen-bond donors (Lipinski definition) is 0. The lowest BCUT2D eigenvalue weighted by Gasteiger charge is -2.54. The molecule has 3 aliphatic rings. The van der Waals surface area contributed by atoms with E-state index in [4.69, 9.17) is 0 Å². The molecule has 0 radical (unpaired) electrons. The monoisotopic (exact) mass is 876 g/mol. The molecule has 1 fully saturated rings. The lowest BCUT2D eigenvalue weighted by Crippen LogP contribution is -2.52. The third-order valence-corrected chi connectivity index (χ3v) is 17.1. The third-order valence-electron chi connectivity index (χ3n) is 15.8. The van der Waals surface area contributed by atoms with Crippen LogP contribution in [0.15, 0.2) is 127 Å². The van der Waals surface area contributed by atoms with Crippen LogP contribution in [0.2, 0.25) is 0 Å². The summed E-state index contributed by atoms with van der Waals surface area (Å²) in [6.45, 7) is 38.1. The van der Waals surface area contributed by atoms with Crippen LogP contribution in [-0.4, -0.2) is 6.71 Å². The number of allylic oxidation sites excluding steroid dienone is 4. The van der Waals surface area contributed by atoms with Crippen LogP contribution < -0.4 is 15.1 Å². The van der Waals surface area contributed by atoms with Crippen LogP contribution in [0, 0.1) is 24.2 Å². The molecule has 0 spiro atoms. The van der Waals surface area contributed by atoms with Gasteiger partial charge in [-0.1, -0.05) is 200 Å². The molecule has 1 nitrogen and oxygen atoms in total. The first-order valence-corrected chi connectivity index (χ1v) is 25.3. The molecule has 2 aliphatic carbocycles. The lowest BCUT2D eigenvalue weighted by atomic mass is 9.35. The van der Waals surface area contributed by atoms with Gasteiger partial charge in [-0.2, -0.15) is 0 Å². The highest BCUT2D eigenvalue weighted by Crippen LogP contribution is 2.57. The third kappa shape index (κ3) is 8.00. The Balaban J connectivity index is 1.31. The highest BCUT2D eigenvalue weighted by Gasteiger charge is 2.51. The summed E-state index contributed by atoms with van der Waals surface area (Å²) in [5, 5.41) is 1.35. The number of nitrogens with zero attached hydrogens (tertiary/aromatic N) is 1. The molecule has 3 atom stereocenters. The van der Waals surface area contributed by atoms with Crippen molar-refractivity contribution in [1.29, 1.82) is 0 Å². The highest BCUT2D eigenvalue weighted by molar-refractivity contribution is 7.32. The summed E-state index contributed by atoms with van der Waals surface area (Å²) in [6, 6.07) is 41.0. The summed E-state index contributed by atoms with van der Waals surface area (Å²) in [7, 11) is 0. The van der Waals surface area contributed by atoms with E-state index in [1.54, 1.807) is 0 Å². The van der Waals surface area contributed by atoms with Crippen LogP contribution in [0.5, 0.6) is 0 Å². The molecule has 6 aromatic rings. The van der Waals surface area contributed by atoms with E-state index in [2.05, 4.69) is 237 Å². The van der Waals surface area contributed by atoms with Gasteiger partial charge in [0, 0.05) is 26.1 Å². The van der Waals surface area contributed by atoms with Crippen molar-refractivity contribution in [3.05, 3.63) is 160 Å². The second-order valence-corrected chi connectivity index (χ2v) is 26.3. The zero-order chi connectivity index (χ0) is 46.8. The highest BCUT2D eigenvalue weighted by atomic mass is 32.1. The predicted molar refractivity (Wildman–Crippen MR) is 288 cm³/mol. The first-order chi connectivity index (χ1) is 30.3. The minimum Gasteiger partial charge on any atom is -0.309 e. The summed E-state index contributed by atoms with van der Waals surface area (Å²) in [5.74, 6) is 0.817. The first kappa shape index (κ1) is 45.6. The molecular formula is C62H74BNS. The molecule has 0 N–H and O–H groups in total. The largest absolute Gasteiger partial charge is 0.309 e. The Kier molecular flexibility index (Phi) is 10.9. The van der Waals surface area contributed by atoms with E-state index in [-0.39, 0.29) is 39.2 Å². The summed E-state index contributed by atoms with van der Waals surface area (Å²) in [4.78, 5) is 2.68. The van der Waals surface area contributed by atoms with E-state index in [9.17, 15) is 0 Å². The zero-order valence-electron chi connectivity index (χ0n) is 42.5. The minimum atomic E-state index is -0.00410. The van der Waals surface area contributed by atoms with Crippen LogP contribution >= 0.6 is 11.3 Å². The number of aryl methyl sites for hydroxylation is 1. The van der Waals surface area contributed by atoms with E-state index >= 15 is 0 Å². The lowest BCUT2D eigenvalue weighted by molar-refractivity contribution is 0.0687. The van der Waals surface area contributed by atoms with Gasteiger partial charge < -0.3 is 4.90 Å². The number of anilines is 3. The number of hydrogen-bond acceptors (Lipinski definition) is 2. The Morgan fingerprint density at radius 2 is 1.22 bits per heavy atom.